The molecule has 1 aromatic rings. The summed E-state index contributed by atoms with van der Waals surface area (Å²) in [6.07, 6.45) is 0. The molecular weight excluding hydrogens is 258 g/mol. The Balaban J connectivity index is 2.21. The van der Waals surface area contributed by atoms with E-state index in [9.17, 15) is 8.42 Å². The summed E-state index contributed by atoms with van der Waals surface area (Å²) < 4.78 is 29.7. The third-order valence-electron chi connectivity index (χ3n) is 2.68. The van der Waals surface area contributed by atoms with E-state index in [0.29, 0.717) is 37.7 Å². The van der Waals surface area contributed by atoms with E-state index in [1.165, 1.54) is 0 Å². The van der Waals surface area contributed by atoms with Gasteiger partial charge in [0.05, 0.1) is 24.6 Å². The SMILES string of the molecule is Cc1[nH]nc(CN)c1S(=O)(=O)NN1CCOCC1. The van der Waals surface area contributed by atoms with Crippen LogP contribution in [0.5, 0.6) is 0 Å². The lowest BCUT2D eigenvalue weighted by atomic mass is 10.4. The van der Waals surface area contributed by atoms with Gasteiger partial charge in [-0.1, -0.05) is 0 Å². The van der Waals surface area contributed by atoms with Gasteiger partial charge >= 0.3 is 0 Å². The zero-order valence-electron chi connectivity index (χ0n) is 10.1. The third-order valence-corrected chi connectivity index (χ3v) is 4.26. The minimum atomic E-state index is -3.64. The van der Waals surface area contributed by atoms with Gasteiger partial charge in [-0.05, 0) is 6.92 Å². The molecule has 1 aromatic heterocycles. The van der Waals surface area contributed by atoms with Crippen LogP contribution in [0.25, 0.3) is 0 Å². The monoisotopic (exact) mass is 275 g/mol. The van der Waals surface area contributed by atoms with Crippen LogP contribution in [-0.4, -0.2) is 49.9 Å². The number of H-pyrrole nitrogens is 1. The van der Waals surface area contributed by atoms with Crippen molar-refractivity contribution in [1.82, 2.24) is 20.0 Å². The molecule has 0 radical (unpaired) electrons. The molecule has 18 heavy (non-hydrogen) atoms. The van der Waals surface area contributed by atoms with Crippen molar-refractivity contribution in [1.29, 1.82) is 0 Å². The highest BCUT2D eigenvalue weighted by Gasteiger charge is 2.26. The molecule has 0 spiro atoms. The predicted octanol–water partition coefficient (Wildman–Crippen LogP) is -1.30. The van der Waals surface area contributed by atoms with E-state index in [1.54, 1.807) is 11.9 Å². The van der Waals surface area contributed by atoms with Gasteiger partial charge in [-0.2, -0.15) is 5.10 Å². The number of aryl methyl sites for hydroxylation is 1. The number of nitrogens with two attached hydrogens (primary N) is 1. The van der Waals surface area contributed by atoms with Gasteiger partial charge in [-0.25, -0.2) is 13.4 Å². The number of ether oxygens (including phenoxy) is 1. The Morgan fingerprint density at radius 2 is 2.17 bits per heavy atom. The lowest BCUT2D eigenvalue weighted by molar-refractivity contribution is 0.0272. The van der Waals surface area contributed by atoms with Crippen molar-refractivity contribution in [2.45, 2.75) is 18.4 Å². The minimum Gasteiger partial charge on any atom is -0.379 e. The van der Waals surface area contributed by atoms with E-state index < -0.39 is 10.0 Å². The molecule has 9 heteroatoms. The second-order valence-electron chi connectivity index (χ2n) is 4.02. The summed E-state index contributed by atoms with van der Waals surface area (Å²) in [7, 11) is -3.64. The van der Waals surface area contributed by atoms with Gasteiger partial charge in [0.15, 0.2) is 0 Å². The topological polar surface area (TPSA) is 113 Å². The first-order chi connectivity index (χ1) is 8.54. The minimum absolute atomic E-state index is 0.0731. The van der Waals surface area contributed by atoms with Crippen LogP contribution in [0.3, 0.4) is 0 Å². The Hall–Kier alpha value is -1.00. The quantitative estimate of drug-likeness (QED) is 0.629. The van der Waals surface area contributed by atoms with E-state index in [0.717, 1.165) is 0 Å². The Morgan fingerprint density at radius 1 is 1.50 bits per heavy atom. The molecule has 4 N–H and O–H groups in total. The maximum Gasteiger partial charge on any atom is 0.257 e. The average Bonchev–Trinajstić information content (AvgIpc) is 2.72. The van der Waals surface area contributed by atoms with Crippen molar-refractivity contribution in [2.24, 2.45) is 5.73 Å². The van der Waals surface area contributed by atoms with Crippen molar-refractivity contribution in [3.8, 4) is 0 Å². The summed E-state index contributed by atoms with van der Waals surface area (Å²) in [4.78, 5) is 2.66. The van der Waals surface area contributed by atoms with Gasteiger partial charge in [0.2, 0.25) is 0 Å². The number of morpholine rings is 1. The lowest BCUT2D eigenvalue weighted by Gasteiger charge is -2.26. The smallest absolute Gasteiger partial charge is 0.257 e. The second-order valence-corrected chi connectivity index (χ2v) is 5.62. The van der Waals surface area contributed by atoms with Crippen LogP contribution >= 0.6 is 0 Å². The van der Waals surface area contributed by atoms with E-state index in [-0.39, 0.29) is 11.4 Å². The van der Waals surface area contributed by atoms with Crippen LogP contribution in [0.4, 0.5) is 0 Å². The van der Waals surface area contributed by atoms with Crippen LogP contribution in [0.1, 0.15) is 11.4 Å². The highest BCUT2D eigenvalue weighted by Crippen LogP contribution is 2.17. The Kier molecular flexibility index (Phi) is 3.97. The molecule has 0 unspecified atom stereocenters. The molecule has 0 atom stereocenters. The van der Waals surface area contributed by atoms with Gasteiger partial charge in [-0.3, -0.25) is 5.10 Å². The molecule has 102 valence electrons. The van der Waals surface area contributed by atoms with E-state index in [4.69, 9.17) is 10.5 Å². The van der Waals surface area contributed by atoms with Crippen molar-refractivity contribution >= 4 is 10.0 Å². The molecule has 0 aliphatic carbocycles. The Labute approximate surface area is 106 Å². The summed E-state index contributed by atoms with van der Waals surface area (Å²) >= 11 is 0. The van der Waals surface area contributed by atoms with Gasteiger partial charge in [-0.15, -0.1) is 4.83 Å². The van der Waals surface area contributed by atoms with Crippen LogP contribution in [0.2, 0.25) is 0 Å². The number of nitrogens with one attached hydrogen (secondary N) is 2. The average molecular weight is 275 g/mol. The van der Waals surface area contributed by atoms with Crippen LogP contribution < -0.4 is 10.6 Å². The van der Waals surface area contributed by atoms with Gasteiger partial charge in [0.1, 0.15) is 4.90 Å². The number of hydrazine groups is 1. The van der Waals surface area contributed by atoms with Crippen LogP contribution in [-0.2, 0) is 21.3 Å². The number of nitrogens with zero attached hydrogens (tertiary/aromatic N) is 2. The number of rotatable bonds is 4. The highest BCUT2D eigenvalue weighted by molar-refractivity contribution is 7.89. The Morgan fingerprint density at radius 3 is 2.78 bits per heavy atom. The molecule has 1 aliphatic rings. The largest absolute Gasteiger partial charge is 0.379 e. The van der Waals surface area contributed by atoms with E-state index >= 15 is 0 Å². The van der Waals surface area contributed by atoms with Crippen LogP contribution in [0.15, 0.2) is 4.90 Å². The predicted molar refractivity (Wildman–Crippen MR) is 63.9 cm³/mol. The maximum atomic E-state index is 12.3. The first-order valence-electron chi connectivity index (χ1n) is 5.63. The number of sulfonamides is 1. The molecule has 1 aliphatic heterocycles. The Bertz CT molecular complexity index is 506. The van der Waals surface area contributed by atoms with Crippen molar-refractivity contribution in [3.63, 3.8) is 0 Å². The molecule has 0 saturated carbocycles. The number of aromatic amines is 1. The maximum absolute atomic E-state index is 12.3. The van der Waals surface area contributed by atoms with Crippen molar-refractivity contribution < 1.29 is 13.2 Å². The van der Waals surface area contributed by atoms with E-state index in [2.05, 4.69) is 15.0 Å². The molecule has 1 saturated heterocycles. The molecule has 0 aromatic carbocycles. The normalized spacial score (nSPS) is 18.1. The van der Waals surface area contributed by atoms with E-state index in [1.807, 2.05) is 0 Å². The second kappa shape index (κ2) is 5.33. The fourth-order valence-corrected chi connectivity index (χ4v) is 3.34. The van der Waals surface area contributed by atoms with Gasteiger partial charge < -0.3 is 10.5 Å². The van der Waals surface area contributed by atoms with Crippen molar-refractivity contribution in [2.75, 3.05) is 26.3 Å². The number of aromatic nitrogens is 2. The zero-order chi connectivity index (χ0) is 13.2. The third kappa shape index (κ3) is 2.70. The number of hydrogen-bond donors (Lipinski definition) is 3. The molecular formula is C9H17N5O3S. The summed E-state index contributed by atoms with van der Waals surface area (Å²) in [5.41, 5.74) is 6.31. The van der Waals surface area contributed by atoms with Gasteiger partial charge in [0.25, 0.3) is 10.0 Å². The fourth-order valence-electron chi connectivity index (χ4n) is 1.83. The fraction of sp³-hybridized carbons (Fsp3) is 0.667. The summed E-state index contributed by atoms with van der Waals surface area (Å²) in [6, 6.07) is 0. The van der Waals surface area contributed by atoms with Crippen LogP contribution in [0, 0.1) is 6.92 Å². The first-order valence-corrected chi connectivity index (χ1v) is 7.12. The highest BCUT2D eigenvalue weighted by atomic mass is 32.2. The van der Waals surface area contributed by atoms with Gasteiger partial charge in [0, 0.05) is 19.6 Å². The molecule has 0 amide bonds. The first kappa shape index (κ1) is 13.4. The molecule has 1 fully saturated rings. The number of hydrogen-bond acceptors (Lipinski definition) is 6. The standard InChI is InChI=1S/C9H17N5O3S/c1-7-9(8(6-10)12-11-7)18(15,16)13-14-2-4-17-5-3-14/h13H,2-6,10H2,1H3,(H,11,12). The molecule has 0 bridgehead atoms. The van der Waals surface area contributed by atoms with Crippen molar-refractivity contribution in [3.05, 3.63) is 11.4 Å². The zero-order valence-corrected chi connectivity index (χ0v) is 11.0. The summed E-state index contributed by atoms with van der Waals surface area (Å²) in [5.74, 6) is 0. The summed E-state index contributed by atoms with van der Waals surface area (Å²) in [6.45, 7) is 3.79. The summed E-state index contributed by atoms with van der Waals surface area (Å²) in [5, 5.41) is 8.14. The molecule has 2 heterocycles. The molecule has 8 nitrogen and oxygen atoms in total. The lowest BCUT2D eigenvalue weighted by Crippen LogP contribution is -2.48. The molecule has 2 rings (SSSR count).